The van der Waals surface area contributed by atoms with Gasteiger partial charge in [0.05, 0.1) is 5.56 Å². The number of rotatable bonds is 8. The van der Waals surface area contributed by atoms with Gasteiger partial charge in [0.15, 0.2) is 17.7 Å². The smallest absolute Gasteiger partial charge is 0.382 e. The Balaban J connectivity index is 1.69. The molecule has 1 saturated carbocycles. The van der Waals surface area contributed by atoms with E-state index >= 15 is 4.39 Å². The summed E-state index contributed by atoms with van der Waals surface area (Å²) in [5.41, 5.74) is -2.82. The van der Waals surface area contributed by atoms with Crippen molar-refractivity contribution in [2.75, 3.05) is 31.3 Å². The number of fused-ring (bicyclic) bond motifs is 1. The molecule has 3 N–H and O–H groups in total. The van der Waals surface area contributed by atoms with Crippen LogP contribution in [0.2, 0.25) is 0 Å². The van der Waals surface area contributed by atoms with E-state index in [0.29, 0.717) is 23.4 Å². The van der Waals surface area contributed by atoms with Crippen LogP contribution in [0.25, 0.3) is 22.2 Å². The van der Waals surface area contributed by atoms with E-state index < -0.39 is 59.1 Å². The summed E-state index contributed by atoms with van der Waals surface area (Å²) >= 11 is 0. The van der Waals surface area contributed by atoms with Gasteiger partial charge in [-0.25, -0.2) is 18.2 Å². The van der Waals surface area contributed by atoms with E-state index in [1.807, 2.05) is 14.1 Å². The van der Waals surface area contributed by atoms with Crippen molar-refractivity contribution >= 4 is 22.7 Å². The number of hydrogen-bond donors (Lipinski definition) is 3. The molecule has 3 aromatic rings. The number of anilines is 2. The van der Waals surface area contributed by atoms with E-state index in [1.165, 1.54) is 16.8 Å². The van der Waals surface area contributed by atoms with Crippen molar-refractivity contribution in [3.05, 3.63) is 46.1 Å². The second-order valence-corrected chi connectivity index (χ2v) is 10.8. The number of nitrogens with zero attached hydrogens (tertiary/aromatic N) is 4. The molecular weight excluding hydrogens is 554 g/mol. The summed E-state index contributed by atoms with van der Waals surface area (Å²) < 4.78 is 83.7. The number of hydrogen-bond acceptors (Lipinski definition) is 7. The normalized spacial score (nSPS) is 18.8. The highest BCUT2D eigenvalue weighted by atomic mass is 19.4. The molecule has 1 aliphatic carbocycles. The van der Waals surface area contributed by atoms with E-state index in [-0.39, 0.29) is 17.3 Å². The highest BCUT2D eigenvalue weighted by Crippen LogP contribution is 2.32. The quantitative estimate of drug-likeness (QED) is 0.251. The number of nitrogens with one attached hydrogen (secondary N) is 2. The molecule has 0 aliphatic heterocycles. The minimum atomic E-state index is -5.05. The van der Waals surface area contributed by atoms with Crippen LogP contribution >= 0.6 is 0 Å². The van der Waals surface area contributed by atoms with Gasteiger partial charge in [-0.2, -0.15) is 18.2 Å². The van der Waals surface area contributed by atoms with Gasteiger partial charge in [-0.15, -0.1) is 0 Å². The van der Waals surface area contributed by atoms with Crippen LogP contribution in [-0.4, -0.2) is 69.5 Å². The number of aromatic nitrogens is 3. The van der Waals surface area contributed by atoms with E-state index in [2.05, 4.69) is 20.2 Å². The molecule has 1 aromatic carbocycles. The Bertz CT molecular complexity index is 1470. The molecule has 0 saturated heterocycles. The minimum Gasteiger partial charge on any atom is -0.382 e. The maximum Gasteiger partial charge on any atom is 0.416 e. The van der Waals surface area contributed by atoms with Crippen LogP contribution in [0.15, 0.2) is 23.1 Å². The van der Waals surface area contributed by atoms with Gasteiger partial charge in [0.2, 0.25) is 5.95 Å². The van der Waals surface area contributed by atoms with Crippen molar-refractivity contribution in [2.24, 2.45) is 0 Å². The third-order valence-electron chi connectivity index (χ3n) is 7.35. The Morgan fingerprint density at radius 1 is 1.07 bits per heavy atom. The second kappa shape index (κ2) is 11.8. The Labute approximate surface area is 232 Å². The predicted octanol–water partition coefficient (Wildman–Crippen LogP) is 5.08. The van der Waals surface area contributed by atoms with Gasteiger partial charge in [0.25, 0.3) is 5.56 Å². The molecule has 41 heavy (non-hydrogen) atoms. The summed E-state index contributed by atoms with van der Waals surface area (Å²) in [6, 6.07) is 1.91. The molecule has 0 bridgehead atoms. The van der Waals surface area contributed by atoms with Crippen molar-refractivity contribution in [1.82, 2.24) is 19.4 Å². The van der Waals surface area contributed by atoms with Gasteiger partial charge in [0.1, 0.15) is 17.2 Å². The van der Waals surface area contributed by atoms with Crippen molar-refractivity contribution in [2.45, 2.75) is 69.9 Å². The molecule has 2 aromatic heterocycles. The standard InChI is InChI=1S/C27H32F6N6O2/c1-13(2)39-24-14(11-35-26(37-24)36-15-5-7-16(8-6-15)38(3)4)9-18(25(39)41)17-10-19(28)23(22(30)21(17)29)34-12-20(40)27(31,32)33/h9-11,13,15-16,20,34,40H,5-8,12H2,1-4H3,(H,35,36,37)/t15-,16-,20?. The van der Waals surface area contributed by atoms with E-state index in [9.17, 15) is 26.7 Å². The third kappa shape index (κ3) is 6.43. The molecule has 0 radical (unpaired) electrons. The SMILES string of the molecule is CC(C)n1c(=O)c(-c2cc(F)c(NCC(O)C(F)(F)F)c(F)c2F)cc2cnc(N[C@H]3CC[C@H](N(C)C)CC3)nc21. The summed E-state index contributed by atoms with van der Waals surface area (Å²) in [5.74, 6) is -4.60. The van der Waals surface area contributed by atoms with Crippen LogP contribution in [0, 0.1) is 17.5 Å². The average Bonchev–Trinajstić information content (AvgIpc) is 2.89. The maximum absolute atomic E-state index is 15.1. The molecule has 224 valence electrons. The number of aliphatic hydroxyl groups is 1. The van der Waals surface area contributed by atoms with Crippen molar-refractivity contribution in [1.29, 1.82) is 0 Å². The molecule has 1 fully saturated rings. The fraction of sp³-hybridized carbons (Fsp3) is 0.519. The third-order valence-corrected chi connectivity index (χ3v) is 7.35. The lowest BCUT2D eigenvalue weighted by Gasteiger charge is -2.33. The first-order valence-electron chi connectivity index (χ1n) is 13.2. The number of halogens is 6. The van der Waals surface area contributed by atoms with Crippen LogP contribution in [-0.2, 0) is 0 Å². The Hall–Kier alpha value is -3.39. The summed E-state index contributed by atoms with van der Waals surface area (Å²) in [7, 11) is 4.10. The number of alkyl halides is 3. The Kier molecular flexibility index (Phi) is 8.83. The molecule has 4 rings (SSSR count). The Morgan fingerprint density at radius 2 is 1.73 bits per heavy atom. The van der Waals surface area contributed by atoms with Crippen LogP contribution in [0.5, 0.6) is 0 Å². The number of benzene rings is 1. The Morgan fingerprint density at radius 3 is 2.32 bits per heavy atom. The van der Waals surface area contributed by atoms with Gasteiger partial charge < -0.3 is 20.6 Å². The van der Waals surface area contributed by atoms with Gasteiger partial charge in [-0.1, -0.05) is 0 Å². The summed E-state index contributed by atoms with van der Waals surface area (Å²) in [6.45, 7) is 2.08. The minimum absolute atomic E-state index is 0.145. The van der Waals surface area contributed by atoms with Crippen LogP contribution in [0.1, 0.15) is 45.6 Å². The lowest BCUT2D eigenvalue weighted by atomic mass is 9.91. The van der Waals surface area contributed by atoms with Crippen LogP contribution < -0.4 is 16.2 Å². The predicted molar refractivity (Wildman–Crippen MR) is 143 cm³/mol. The highest BCUT2D eigenvalue weighted by Gasteiger charge is 2.38. The zero-order valence-electron chi connectivity index (χ0n) is 23.0. The first-order chi connectivity index (χ1) is 19.2. The zero-order valence-corrected chi connectivity index (χ0v) is 23.0. The van der Waals surface area contributed by atoms with Crippen molar-refractivity contribution < 1.29 is 31.4 Å². The largest absolute Gasteiger partial charge is 0.416 e. The van der Waals surface area contributed by atoms with Gasteiger partial charge in [0, 0.05) is 41.8 Å². The molecular formula is C27H32F6N6O2. The van der Waals surface area contributed by atoms with Gasteiger partial charge in [-0.05, 0) is 65.8 Å². The monoisotopic (exact) mass is 586 g/mol. The summed E-state index contributed by atoms with van der Waals surface area (Å²) in [6.07, 6.45) is -2.71. The van der Waals surface area contributed by atoms with E-state index in [1.54, 1.807) is 19.2 Å². The number of pyridine rings is 1. The molecule has 8 nitrogen and oxygen atoms in total. The molecule has 1 aliphatic rings. The van der Waals surface area contributed by atoms with Crippen molar-refractivity contribution in [3.63, 3.8) is 0 Å². The lowest BCUT2D eigenvalue weighted by molar-refractivity contribution is -0.198. The van der Waals surface area contributed by atoms with E-state index in [0.717, 1.165) is 25.7 Å². The van der Waals surface area contributed by atoms with Gasteiger partial charge >= 0.3 is 6.18 Å². The second-order valence-electron chi connectivity index (χ2n) is 10.8. The first-order valence-corrected chi connectivity index (χ1v) is 13.2. The molecule has 1 atom stereocenters. The van der Waals surface area contributed by atoms with Crippen LogP contribution in [0.3, 0.4) is 0 Å². The molecule has 0 amide bonds. The average molecular weight is 587 g/mol. The molecule has 1 unspecified atom stereocenters. The maximum atomic E-state index is 15.1. The first kappa shape index (κ1) is 30.6. The molecule has 0 spiro atoms. The fourth-order valence-corrected chi connectivity index (χ4v) is 5.05. The van der Waals surface area contributed by atoms with Crippen molar-refractivity contribution in [3.8, 4) is 11.1 Å². The lowest BCUT2D eigenvalue weighted by Crippen LogP contribution is -2.36. The summed E-state index contributed by atoms with van der Waals surface area (Å²) in [5, 5.41) is 14.5. The topological polar surface area (TPSA) is 95.3 Å². The highest BCUT2D eigenvalue weighted by molar-refractivity contribution is 5.82. The van der Waals surface area contributed by atoms with Crippen LogP contribution in [0.4, 0.5) is 38.0 Å². The molecule has 2 heterocycles. The fourth-order valence-electron chi connectivity index (χ4n) is 5.05. The molecule has 14 heteroatoms. The van der Waals surface area contributed by atoms with Gasteiger partial charge in [-0.3, -0.25) is 9.36 Å². The number of aliphatic hydroxyl groups excluding tert-OH is 1. The van der Waals surface area contributed by atoms with E-state index in [4.69, 9.17) is 5.11 Å². The summed E-state index contributed by atoms with van der Waals surface area (Å²) in [4.78, 5) is 24.6. The zero-order chi connectivity index (χ0) is 30.2.